The van der Waals surface area contributed by atoms with E-state index in [1.807, 2.05) is 6.92 Å². The monoisotopic (exact) mass is 508 g/mol. The van der Waals surface area contributed by atoms with Gasteiger partial charge >= 0.3 is 6.01 Å². The highest BCUT2D eigenvalue weighted by atomic mass is 79.9. The number of hydrogen-bond acceptors (Lipinski definition) is 7. The molecule has 1 saturated heterocycles. The molecule has 4 rings (SSSR count). The topological polar surface area (TPSA) is 119 Å². The van der Waals surface area contributed by atoms with Crippen molar-refractivity contribution in [1.82, 2.24) is 14.5 Å². The molecule has 0 radical (unpaired) electrons. The van der Waals surface area contributed by atoms with Crippen LogP contribution in [0.15, 0.2) is 54.8 Å². The lowest BCUT2D eigenvalue weighted by Gasteiger charge is -2.34. The molecule has 9 nitrogen and oxygen atoms in total. The van der Waals surface area contributed by atoms with Gasteiger partial charge in [-0.1, -0.05) is 18.4 Å². The molecular formula is C20H21BrN4O5S. The molecule has 0 spiro atoms. The minimum atomic E-state index is -3.60. The molecule has 1 fully saturated rings. The largest absolute Gasteiger partial charge is 0.444 e. The predicted octanol–water partition coefficient (Wildman–Crippen LogP) is 4.30. The summed E-state index contributed by atoms with van der Waals surface area (Å²) >= 11 is 3.19. The van der Waals surface area contributed by atoms with Crippen molar-refractivity contribution in [3.05, 3.63) is 46.6 Å². The standard InChI is InChI=1S/C20H21BrN4O5S/c1-2-14-5-3-4-12-25(14)31(27,28)15-8-6-13(7-9-15)18(26)22-20-24-23-19(30-20)16-10-11-17(21)29-16/h6-11,14H,2-5,12H2,1H3,(H,22,24,26). The lowest BCUT2D eigenvalue weighted by atomic mass is 10.0. The Morgan fingerprint density at radius 3 is 2.61 bits per heavy atom. The summed E-state index contributed by atoms with van der Waals surface area (Å²) in [5, 5.41) is 10.1. The summed E-state index contributed by atoms with van der Waals surface area (Å²) < 4.78 is 38.9. The van der Waals surface area contributed by atoms with Crippen LogP contribution in [0.5, 0.6) is 0 Å². The average molecular weight is 509 g/mol. The molecule has 1 aromatic carbocycles. The van der Waals surface area contributed by atoms with Crippen LogP contribution < -0.4 is 5.32 Å². The summed E-state index contributed by atoms with van der Waals surface area (Å²) in [7, 11) is -3.60. The maximum absolute atomic E-state index is 13.0. The summed E-state index contributed by atoms with van der Waals surface area (Å²) in [6, 6.07) is 9.08. The van der Waals surface area contributed by atoms with Gasteiger partial charge in [-0.25, -0.2) is 8.42 Å². The van der Waals surface area contributed by atoms with E-state index in [0.29, 0.717) is 17.0 Å². The van der Waals surface area contributed by atoms with Gasteiger partial charge in [-0.3, -0.25) is 10.1 Å². The van der Waals surface area contributed by atoms with Crippen molar-refractivity contribution in [1.29, 1.82) is 0 Å². The molecule has 1 aliphatic heterocycles. The van der Waals surface area contributed by atoms with Gasteiger partial charge in [0.15, 0.2) is 10.4 Å². The molecule has 1 atom stereocenters. The first-order valence-electron chi connectivity index (χ1n) is 9.91. The highest BCUT2D eigenvalue weighted by Gasteiger charge is 2.32. The van der Waals surface area contributed by atoms with Crippen LogP contribution in [0.3, 0.4) is 0 Å². The number of halogens is 1. The van der Waals surface area contributed by atoms with Gasteiger partial charge in [-0.2, -0.15) is 4.31 Å². The summed E-state index contributed by atoms with van der Waals surface area (Å²) in [4.78, 5) is 12.7. The Labute approximate surface area is 188 Å². The van der Waals surface area contributed by atoms with Crippen molar-refractivity contribution in [2.75, 3.05) is 11.9 Å². The maximum atomic E-state index is 13.0. The Morgan fingerprint density at radius 1 is 1.16 bits per heavy atom. The zero-order valence-electron chi connectivity index (χ0n) is 16.7. The molecule has 1 amide bonds. The summed E-state index contributed by atoms with van der Waals surface area (Å²) in [5.41, 5.74) is 0.269. The quantitative estimate of drug-likeness (QED) is 0.526. The van der Waals surface area contributed by atoms with Gasteiger partial charge in [-0.05, 0) is 71.6 Å². The van der Waals surface area contributed by atoms with Crippen molar-refractivity contribution in [3.8, 4) is 11.7 Å². The Morgan fingerprint density at radius 2 is 1.94 bits per heavy atom. The Balaban J connectivity index is 1.46. The molecule has 3 heterocycles. The number of hydrogen-bond donors (Lipinski definition) is 1. The van der Waals surface area contributed by atoms with Gasteiger partial charge in [0, 0.05) is 18.2 Å². The zero-order chi connectivity index (χ0) is 22.0. The number of aromatic nitrogens is 2. The van der Waals surface area contributed by atoms with E-state index in [9.17, 15) is 13.2 Å². The number of carbonyl (C=O) groups is 1. The number of carbonyl (C=O) groups excluding carboxylic acids is 1. The van der Waals surface area contributed by atoms with E-state index in [0.717, 1.165) is 25.7 Å². The minimum Gasteiger partial charge on any atom is -0.444 e. The first-order valence-corrected chi connectivity index (χ1v) is 12.1. The number of furan rings is 1. The van der Waals surface area contributed by atoms with E-state index in [1.165, 1.54) is 24.3 Å². The number of amides is 1. The molecule has 1 unspecified atom stereocenters. The smallest absolute Gasteiger partial charge is 0.322 e. The molecule has 2 aromatic heterocycles. The third-order valence-electron chi connectivity index (χ3n) is 5.20. The van der Waals surface area contributed by atoms with Crippen molar-refractivity contribution in [2.24, 2.45) is 0 Å². The van der Waals surface area contributed by atoms with Crippen molar-refractivity contribution < 1.29 is 22.0 Å². The number of anilines is 1. The first-order chi connectivity index (χ1) is 14.9. The number of sulfonamides is 1. The van der Waals surface area contributed by atoms with Gasteiger partial charge < -0.3 is 8.83 Å². The van der Waals surface area contributed by atoms with Crippen molar-refractivity contribution >= 4 is 37.9 Å². The summed E-state index contributed by atoms with van der Waals surface area (Å²) in [6.07, 6.45) is 3.55. The van der Waals surface area contributed by atoms with Crippen LogP contribution in [0, 0.1) is 0 Å². The number of nitrogens with zero attached hydrogens (tertiary/aromatic N) is 3. The average Bonchev–Trinajstić information content (AvgIpc) is 3.42. The summed E-state index contributed by atoms with van der Waals surface area (Å²) in [5.74, 6) is -0.0174. The first kappa shape index (κ1) is 21.7. The second-order valence-corrected chi connectivity index (χ2v) is 9.84. The third-order valence-corrected chi connectivity index (χ3v) is 7.59. The van der Waals surface area contributed by atoms with E-state index in [-0.39, 0.29) is 28.4 Å². The van der Waals surface area contributed by atoms with Crippen LogP contribution >= 0.6 is 15.9 Å². The predicted molar refractivity (Wildman–Crippen MR) is 116 cm³/mol. The van der Waals surface area contributed by atoms with E-state index >= 15 is 0 Å². The van der Waals surface area contributed by atoms with Gasteiger partial charge in [-0.15, -0.1) is 5.10 Å². The van der Waals surface area contributed by atoms with Crippen molar-refractivity contribution in [2.45, 2.75) is 43.5 Å². The second kappa shape index (κ2) is 8.93. The van der Waals surface area contributed by atoms with Crippen molar-refractivity contribution in [3.63, 3.8) is 0 Å². The summed E-state index contributed by atoms with van der Waals surface area (Å²) in [6.45, 7) is 2.52. The highest BCUT2D eigenvalue weighted by molar-refractivity contribution is 9.10. The fourth-order valence-electron chi connectivity index (χ4n) is 3.58. The van der Waals surface area contributed by atoms with Crippen LogP contribution in [0.2, 0.25) is 0 Å². The van der Waals surface area contributed by atoms with E-state index in [1.54, 1.807) is 16.4 Å². The lowest BCUT2D eigenvalue weighted by molar-refractivity contribution is 0.102. The molecule has 0 aliphatic carbocycles. The van der Waals surface area contributed by atoms with E-state index in [2.05, 4.69) is 31.4 Å². The molecule has 0 bridgehead atoms. The number of nitrogens with one attached hydrogen (secondary N) is 1. The van der Waals surface area contributed by atoms with Crippen LogP contribution in [-0.4, -0.2) is 41.4 Å². The SMILES string of the molecule is CCC1CCCCN1S(=O)(=O)c1ccc(C(=O)Nc2nnc(-c3ccc(Br)o3)o2)cc1. The van der Waals surface area contributed by atoms with Gasteiger partial charge in [0.25, 0.3) is 11.8 Å². The normalized spacial score (nSPS) is 17.5. The van der Waals surface area contributed by atoms with E-state index in [4.69, 9.17) is 8.83 Å². The van der Waals surface area contributed by atoms with Crippen LogP contribution in [0.25, 0.3) is 11.7 Å². The number of benzene rings is 1. The zero-order valence-corrected chi connectivity index (χ0v) is 19.1. The van der Waals surface area contributed by atoms with Crippen LogP contribution in [0.4, 0.5) is 6.01 Å². The molecule has 31 heavy (non-hydrogen) atoms. The molecule has 3 aromatic rings. The van der Waals surface area contributed by atoms with Crippen LogP contribution in [0.1, 0.15) is 43.0 Å². The Bertz CT molecular complexity index is 1170. The number of piperidine rings is 1. The number of rotatable bonds is 6. The fraction of sp³-hybridized carbons (Fsp3) is 0.350. The molecule has 0 saturated carbocycles. The Hall–Kier alpha value is -2.50. The lowest BCUT2D eigenvalue weighted by Crippen LogP contribution is -2.43. The van der Waals surface area contributed by atoms with Gasteiger partial charge in [0.2, 0.25) is 10.0 Å². The Kier molecular flexibility index (Phi) is 6.26. The second-order valence-electron chi connectivity index (χ2n) is 7.17. The van der Waals surface area contributed by atoms with Crippen LogP contribution in [-0.2, 0) is 10.0 Å². The molecule has 1 aliphatic rings. The fourth-order valence-corrected chi connectivity index (χ4v) is 5.66. The molecule has 1 N–H and O–H groups in total. The van der Waals surface area contributed by atoms with Gasteiger partial charge in [0.1, 0.15) is 0 Å². The highest BCUT2D eigenvalue weighted by Crippen LogP contribution is 2.28. The van der Waals surface area contributed by atoms with Gasteiger partial charge in [0.05, 0.1) is 4.90 Å². The molecular weight excluding hydrogens is 488 g/mol. The molecule has 164 valence electrons. The third kappa shape index (κ3) is 4.58. The maximum Gasteiger partial charge on any atom is 0.322 e. The molecule has 11 heteroatoms. The minimum absolute atomic E-state index is 0.0169. The van der Waals surface area contributed by atoms with E-state index < -0.39 is 15.9 Å².